The molecule has 0 aliphatic rings. The number of nitrogens with one attached hydrogen (secondary N) is 5. The van der Waals surface area contributed by atoms with Crippen LogP contribution in [0.5, 0.6) is 0 Å². The van der Waals surface area contributed by atoms with E-state index in [0.29, 0.717) is 19.3 Å². The molecule has 0 aromatic heterocycles. The number of carbonyl (C=O) groups is 10. The SMILES string of the molecule is CCCCCC(=O)NC(CCC(=O)NC(CSSCC(NC(=O)CCC(NC(=O)CCCC[P+](c1ccccc1)(c1ccccc1)c1ccccc1)C(=O)OCC)C(=O)CCC(=O)OC)C(=O)NCC(=O)OC)C(=O)OCC. The van der Waals surface area contributed by atoms with Gasteiger partial charge in [-0.25, -0.2) is 9.59 Å². The van der Waals surface area contributed by atoms with Gasteiger partial charge in [-0.15, -0.1) is 0 Å². The molecule has 3 aromatic carbocycles. The van der Waals surface area contributed by atoms with Crippen molar-refractivity contribution in [2.75, 3.05) is 51.6 Å². The van der Waals surface area contributed by atoms with Crippen LogP contribution in [0.3, 0.4) is 0 Å². The van der Waals surface area contributed by atoms with E-state index in [9.17, 15) is 47.9 Å². The summed E-state index contributed by atoms with van der Waals surface area (Å²) in [5, 5.41) is 16.8. The van der Waals surface area contributed by atoms with Crippen LogP contribution in [-0.2, 0) is 66.9 Å². The van der Waals surface area contributed by atoms with Gasteiger partial charge in [0.25, 0.3) is 0 Å². The zero-order chi connectivity index (χ0) is 57.1. The van der Waals surface area contributed by atoms with E-state index >= 15 is 0 Å². The largest absolute Gasteiger partial charge is 0.469 e. The van der Waals surface area contributed by atoms with Gasteiger partial charge in [-0.05, 0) is 82.3 Å². The van der Waals surface area contributed by atoms with E-state index in [1.807, 2.05) is 61.5 Å². The number of Topliss-reactive ketones (excluding diaryl/α,β-unsaturated/α-hetero) is 1. The fraction of sp³-hybridized carbons (Fsp3) is 0.500. The first-order valence-electron chi connectivity index (χ1n) is 26.4. The summed E-state index contributed by atoms with van der Waals surface area (Å²) in [5.41, 5.74) is 0. The minimum absolute atomic E-state index is 0.0274. The first-order valence-corrected chi connectivity index (χ1v) is 30.8. The Morgan fingerprint density at radius 2 is 0.885 bits per heavy atom. The Bertz CT molecular complexity index is 2290. The Morgan fingerprint density at radius 1 is 0.474 bits per heavy atom. The van der Waals surface area contributed by atoms with E-state index in [1.165, 1.54) is 23.0 Å². The number of esters is 4. The maximum atomic E-state index is 13.6. The molecule has 0 heterocycles. The number of ether oxygens (including phenoxy) is 4. The van der Waals surface area contributed by atoms with Crippen molar-refractivity contribution in [3.8, 4) is 0 Å². The van der Waals surface area contributed by atoms with Gasteiger partial charge in [0.05, 0.1) is 46.1 Å². The quantitative estimate of drug-likeness (QED) is 0.0173. The van der Waals surface area contributed by atoms with Gasteiger partial charge in [0.15, 0.2) is 5.78 Å². The Labute approximate surface area is 466 Å². The molecule has 426 valence electrons. The van der Waals surface area contributed by atoms with Crippen LogP contribution in [0.2, 0.25) is 0 Å². The molecule has 0 bridgehead atoms. The summed E-state index contributed by atoms with van der Waals surface area (Å²) in [6.45, 7) is 4.80. The van der Waals surface area contributed by atoms with Crippen LogP contribution < -0.4 is 42.5 Å². The molecule has 5 amide bonds. The van der Waals surface area contributed by atoms with Crippen molar-refractivity contribution in [3.63, 3.8) is 0 Å². The second-order valence-corrected chi connectivity index (χ2v) is 24.1. The third-order valence-corrected chi connectivity index (χ3v) is 19.2. The number of rotatable bonds is 38. The fourth-order valence-corrected chi connectivity index (χ4v) is 14.9. The molecule has 0 saturated carbocycles. The topological polar surface area (TPSA) is 268 Å². The molecule has 3 rings (SSSR count). The van der Waals surface area contributed by atoms with Crippen LogP contribution in [0.15, 0.2) is 91.0 Å². The minimum Gasteiger partial charge on any atom is -0.469 e. The lowest BCUT2D eigenvalue weighted by molar-refractivity contribution is -0.148. The molecule has 19 nitrogen and oxygen atoms in total. The van der Waals surface area contributed by atoms with Gasteiger partial charge in [-0.2, -0.15) is 0 Å². The molecule has 4 unspecified atom stereocenters. The maximum Gasteiger partial charge on any atom is 0.328 e. The third kappa shape index (κ3) is 23.7. The van der Waals surface area contributed by atoms with E-state index in [1.54, 1.807) is 13.8 Å². The molecule has 0 aliphatic heterocycles. The van der Waals surface area contributed by atoms with E-state index in [-0.39, 0.29) is 82.0 Å². The Hall–Kier alpha value is -6.31. The number of unbranched alkanes of at least 4 members (excludes halogenated alkanes) is 3. The van der Waals surface area contributed by atoms with E-state index in [2.05, 4.69) is 67.7 Å². The van der Waals surface area contributed by atoms with E-state index < -0.39 is 91.3 Å². The highest BCUT2D eigenvalue weighted by molar-refractivity contribution is 8.76. The summed E-state index contributed by atoms with van der Waals surface area (Å²) in [6.07, 6.45) is 3.23. The molecule has 3 aromatic rings. The first-order chi connectivity index (χ1) is 37.6. The molecular formula is C56H77N5O14PS2+. The smallest absolute Gasteiger partial charge is 0.328 e. The van der Waals surface area contributed by atoms with Crippen LogP contribution in [0.4, 0.5) is 0 Å². The van der Waals surface area contributed by atoms with E-state index in [4.69, 9.17) is 14.2 Å². The van der Waals surface area contributed by atoms with E-state index in [0.717, 1.165) is 47.7 Å². The predicted octanol–water partition coefficient (Wildman–Crippen LogP) is 4.55. The number of carbonyl (C=O) groups excluding carboxylic acids is 10. The number of hydrogen-bond donors (Lipinski definition) is 5. The minimum atomic E-state index is -2.13. The number of amides is 5. The standard InChI is InChI=1S/C56H76N5O14PS2/c1-6-9-13-28-48(63)58-44(56(71)75-8-3)31-34-51(66)61-46(54(69)57-37-53(68)73-5)39-78-77-38-45(47(62)32-35-52(67)72-4)60-50(65)33-30-43(55(70)74-7-2)59-49(64)29-20-21-36-76(40-22-14-10-15-23-40,41-24-16-11-17-25-41)42-26-18-12-19-27-42/h10-12,14-19,22-27,43-46H,6-9,13,20-21,28-39H2,1-5H3,(H4-,57,58,59,60,61,63,64,65,66,69)/p+1. The summed E-state index contributed by atoms with van der Waals surface area (Å²) >= 11 is 0. The van der Waals surface area contributed by atoms with Crippen molar-refractivity contribution >= 4 is 104 Å². The van der Waals surface area contributed by atoms with Crippen molar-refractivity contribution < 1.29 is 66.9 Å². The van der Waals surface area contributed by atoms with Gasteiger partial charge < -0.3 is 45.5 Å². The zero-order valence-electron chi connectivity index (χ0n) is 45.4. The third-order valence-electron chi connectivity index (χ3n) is 12.2. The van der Waals surface area contributed by atoms with Crippen LogP contribution >= 0.6 is 28.9 Å². The molecule has 4 atom stereocenters. The Balaban J connectivity index is 1.68. The second-order valence-electron chi connectivity index (χ2n) is 17.9. The first kappa shape index (κ1) is 66.0. The van der Waals surface area contributed by atoms with Gasteiger partial charge >= 0.3 is 23.9 Å². The Kier molecular flexibility index (Phi) is 31.7. The molecule has 78 heavy (non-hydrogen) atoms. The van der Waals surface area contributed by atoms with Crippen LogP contribution in [0.25, 0.3) is 0 Å². The zero-order valence-corrected chi connectivity index (χ0v) is 47.9. The fourth-order valence-electron chi connectivity index (χ4n) is 8.14. The average molecular weight is 1140 g/mol. The van der Waals surface area contributed by atoms with Gasteiger partial charge in [0.2, 0.25) is 29.5 Å². The highest BCUT2D eigenvalue weighted by atomic mass is 33.1. The highest BCUT2D eigenvalue weighted by Crippen LogP contribution is 2.56. The summed E-state index contributed by atoms with van der Waals surface area (Å²) in [4.78, 5) is 129. The summed E-state index contributed by atoms with van der Waals surface area (Å²) in [5.74, 6) is -6.30. The summed E-state index contributed by atoms with van der Waals surface area (Å²) < 4.78 is 19.7. The lowest BCUT2D eigenvalue weighted by Crippen LogP contribution is -2.50. The normalized spacial score (nSPS) is 12.5. The maximum absolute atomic E-state index is 13.6. The second kappa shape index (κ2) is 37.5. The van der Waals surface area contributed by atoms with Gasteiger partial charge in [0, 0.05) is 43.6 Å². The number of methoxy groups -OCH3 is 2. The van der Waals surface area contributed by atoms with Crippen molar-refractivity contribution in [2.24, 2.45) is 0 Å². The summed E-state index contributed by atoms with van der Waals surface area (Å²) in [6, 6.07) is 26.5. The van der Waals surface area contributed by atoms with Gasteiger partial charge in [-0.3, -0.25) is 38.4 Å². The lowest BCUT2D eigenvalue weighted by Gasteiger charge is -2.27. The number of ketones is 1. The van der Waals surface area contributed by atoms with Crippen LogP contribution in [0.1, 0.15) is 104 Å². The van der Waals surface area contributed by atoms with Crippen molar-refractivity contribution in [1.82, 2.24) is 26.6 Å². The van der Waals surface area contributed by atoms with Gasteiger partial charge in [0.1, 0.15) is 47.8 Å². The van der Waals surface area contributed by atoms with Crippen molar-refractivity contribution in [3.05, 3.63) is 91.0 Å². The molecule has 0 saturated heterocycles. The monoisotopic (exact) mass is 1140 g/mol. The molecule has 22 heteroatoms. The highest BCUT2D eigenvalue weighted by Gasteiger charge is 2.44. The lowest BCUT2D eigenvalue weighted by atomic mass is 10.1. The molecule has 0 spiro atoms. The predicted molar refractivity (Wildman–Crippen MR) is 304 cm³/mol. The molecule has 0 aliphatic carbocycles. The van der Waals surface area contributed by atoms with Crippen LogP contribution in [-0.4, -0.2) is 135 Å². The van der Waals surface area contributed by atoms with Crippen molar-refractivity contribution in [2.45, 2.75) is 128 Å². The summed E-state index contributed by atoms with van der Waals surface area (Å²) in [7, 11) is 2.31. The van der Waals surface area contributed by atoms with Crippen molar-refractivity contribution in [1.29, 1.82) is 0 Å². The number of hydrogen-bond acceptors (Lipinski definition) is 16. The molecule has 0 fully saturated rings. The molecule has 0 radical (unpaired) electrons. The average Bonchev–Trinajstić information content (AvgIpc) is 3.51. The number of benzene rings is 3. The Morgan fingerprint density at radius 3 is 1.32 bits per heavy atom. The molecule has 5 N–H and O–H groups in total. The van der Waals surface area contributed by atoms with Gasteiger partial charge in [-0.1, -0.05) is 96.0 Å². The van der Waals surface area contributed by atoms with Crippen LogP contribution in [0, 0.1) is 0 Å². The molecular weight excluding hydrogens is 1060 g/mol.